The summed E-state index contributed by atoms with van der Waals surface area (Å²) in [5.74, 6) is -0.794. The van der Waals surface area contributed by atoms with E-state index in [0.29, 0.717) is 5.25 Å². The summed E-state index contributed by atoms with van der Waals surface area (Å²) in [5, 5.41) is 9.14. The normalized spacial score (nSPS) is 10.9. The highest BCUT2D eigenvalue weighted by atomic mass is 32.2. The van der Waals surface area contributed by atoms with E-state index in [4.69, 9.17) is 5.11 Å². The minimum Gasteiger partial charge on any atom is -0.481 e. The minimum atomic E-state index is -0.794. The van der Waals surface area contributed by atoms with Crippen LogP contribution in [0.15, 0.2) is 4.34 Å². The number of carboxylic acids is 1. The number of carboxylic acid groups (broad SMARTS) is 1. The van der Waals surface area contributed by atoms with Gasteiger partial charge in [0.15, 0.2) is 4.34 Å². The van der Waals surface area contributed by atoms with Crippen molar-refractivity contribution in [1.29, 1.82) is 0 Å². The van der Waals surface area contributed by atoms with E-state index >= 15 is 0 Å². The molecule has 0 aliphatic rings. The van der Waals surface area contributed by atoms with Crippen LogP contribution in [-0.2, 0) is 11.2 Å². The molecule has 0 saturated carbocycles. The van der Waals surface area contributed by atoms with E-state index < -0.39 is 5.97 Å². The first-order valence-corrected chi connectivity index (χ1v) is 6.03. The number of thioether (sulfide) groups is 1. The van der Waals surface area contributed by atoms with Gasteiger partial charge in [-0.25, -0.2) is 4.98 Å². The highest BCUT2D eigenvalue weighted by Gasteiger charge is 2.11. The van der Waals surface area contributed by atoms with Gasteiger partial charge in [0.25, 0.3) is 0 Å². The third-order valence-electron chi connectivity index (χ3n) is 1.52. The first kappa shape index (κ1) is 11.5. The molecule has 0 unspecified atom stereocenters. The molecule has 1 N–H and O–H groups in total. The van der Waals surface area contributed by atoms with Crippen molar-refractivity contribution in [3.8, 4) is 0 Å². The Labute approximate surface area is 91.6 Å². The van der Waals surface area contributed by atoms with Gasteiger partial charge in [0.05, 0.1) is 12.1 Å². The van der Waals surface area contributed by atoms with Crippen molar-refractivity contribution in [2.24, 2.45) is 0 Å². The topological polar surface area (TPSA) is 50.2 Å². The van der Waals surface area contributed by atoms with E-state index in [1.54, 1.807) is 11.8 Å². The number of aryl methyl sites for hydroxylation is 1. The lowest BCUT2D eigenvalue weighted by Gasteiger charge is -1.97. The van der Waals surface area contributed by atoms with Gasteiger partial charge in [-0.1, -0.05) is 25.6 Å². The lowest BCUT2D eigenvalue weighted by molar-refractivity contribution is -0.136. The van der Waals surface area contributed by atoms with Crippen molar-refractivity contribution in [3.05, 3.63) is 10.6 Å². The largest absolute Gasteiger partial charge is 0.481 e. The summed E-state index contributed by atoms with van der Waals surface area (Å²) in [5.41, 5.74) is 0.848. The highest BCUT2D eigenvalue weighted by Crippen LogP contribution is 2.30. The van der Waals surface area contributed by atoms with Crippen LogP contribution in [0.1, 0.15) is 24.4 Å². The van der Waals surface area contributed by atoms with E-state index in [0.717, 1.165) is 14.9 Å². The SMILES string of the molecule is Cc1nc(SC(C)C)sc1CC(=O)O. The van der Waals surface area contributed by atoms with Crippen LogP contribution in [0, 0.1) is 6.92 Å². The van der Waals surface area contributed by atoms with Gasteiger partial charge in [-0.3, -0.25) is 4.79 Å². The molecular formula is C9H13NO2S2. The van der Waals surface area contributed by atoms with Crippen LogP contribution < -0.4 is 0 Å². The summed E-state index contributed by atoms with van der Waals surface area (Å²) in [6.45, 7) is 6.05. The molecule has 0 amide bonds. The van der Waals surface area contributed by atoms with Crippen molar-refractivity contribution in [1.82, 2.24) is 4.98 Å². The summed E-state index contributed by atoms with van der Waals surface area (Å²) < 4.78 is 0.966. The van der Waals surface area contributed by atoms with E-state index in [9.17, 15) is 4.79 Å². The molecule has 14 heavy (non-hydrogen) atoms. The number of hydrogen-bond acceptors (Lipinski definition) is 4. The maximum absolute atomic E-state index is 10.5. The van der Waals surface area contributed by atoms with E-state index in [1.165, 1.54) is 11.3 Å². The second-order valence-corrected chi connectivity index (χ2v) is 6.13. The van der Waals surface area contributed by atoms with Crippen LogP contribution in [0.2, 0.25) is 0 Å². The maximum Gasteiger partial charge on any atom is 0.308 e. The van der Waals surface area contributed by atoms with Crippen LogP contribution in [0.5, 0.6) is 0 Å². The molecule has 0 fully saturated rings. The number of hydrogen-bond donors (Lipinski definition) is 1. The van der Waals surface area contributed by atoms with Gasteiger partial charge in [0.1, 0.15) is 0 Å². The van der Waals surface area contributed by atoms with Crippen LogP contribution in [0.25, 0.3) is 0 Å². The molecule has 0 atom stereocenters. The predicted molar refractivity (Wildman–Crippen MR) is 59.2 cm³/mol. The Balaban J connectivity index is 2.76. The molecule has 1 aromatic rings. The first-order valence-electron chi connectivity index (χ1n) is 4.33. The average molecular weight is 231 g/mol. The van der Waals surface area contributed by atoms with Crippen LogP contribution in [0.4, 0.5) is 0 Å². The first-order chi connectivity index (χ1) is 6.49. The van der Waals surface area contributed by atoms with Gasteiger partial charge in [-0.15, -0.1) is 11.3 Å². The number of aliphatic carboxylic acids is 1. The minimum absolute atomic E-state index is 0.0855. The van der Waals surface area contributed by atoms with Crippen LogP contribution in [0.3, 0.4) is 0 Å². The van der Waals surface area contributed by atoms with Crippen LogP contribution in [-0.4, -0.2) is 21.3 Å². The Morgan fingerprint density at radius 3 is 2.79 bits per heavy atom. The fourth-order valence-corrected chi connectivity index (χ4v) is 3.40. The van der Waals surface area contributed by atoms with Gasteiger partial charge in [0.2, 0.25) is 0 Å². The third kappa shape index (κ3) is 3.31. The van der Waals surface area contributed by atoms with Crippen molar-refractivity contribution in [2.45, 2.75) is 36.8 Å². The van der Waals surface area contributed by atoms with Gasteiger partial charge < -0.3 is 5.11 Å². The monoisotopic (exact) mass is 231 g/mol. The molecule has 0 radical (unpaired) electrons. The second-order valence-electron chi connectivity index (χ2n) is 3.23. The van der Waals surface area contributed by atoms with Crippen molar-refractivity contribution in [2.75, 3.05) is 0 Å². The number of nitrogens with zero attached hydrogens (tertiary/aromatic N) is 1. The lowest BCUT2D eigenvalue weighted by atomic mass is 10.3. The molecule has 3 nitrogen and oxygen atoms in total. The van der Waals surface area contributed by atoms with Crippen molar-refractivity contribution < 1.29 is 9.90 Å². The number of aromatic nitrogens is 1. The Kier molecular flexibility index (Phi) is 3.95. The standard InChI is InChI=1S/C9H13NO2S2/c1-5(2)13-9-10-6(3)7(14-9)4-8(11)12/h5H,4H2,1-3H3,(H,11,12). The molecule has 78 valence electrons. The fourth-order valence-electron chi connectivity index (χ4n) is 0.955. The summed E-state index contributed by atoms with van der Waals surface area (Å²) in [7, 11) is 0. The molecule has 0 spiro atoms. The fraction of sp³-hybridized carbons (Fsp3) is 0.556. The molecule has 0 aromatic carbocycles. The smallest absolute Gasteiger partial charge is 0.308 e. The molecule has 0 saturated heterocycles. The summed E-state index contributed by atoms with van der Waals surface area (Å²) in [6.07, 6.45) is 0.0855. The Morgan fingerprint density at radius 1 is 1.64 bits per heavy atom. The second kappa shape index (κ2) is 4.79. The van der Waals surface area contributed by atoms with Gasteiger partial charge in [-0.05, 0) is 6.92 Å². The van der Waals surface area contributed by atoms with Crippen molar-refractivity contribution >= 4 is 29.1 Å². The summed E-state index contributed by atoms with van der Waals surface area (Å²) in [6, 6.07) is 0. The Hall–Kier alpha value is -0.550. The van der Waals surface area contributed by atoms with Gasteiger partial charge >= 0.3 is 5.97 Å². The molecule has 1 heterocycles. The van der Waals surface area contributed by atoms with E-state index in [1.807, 2.05) is 6.92 Å². The average Bonchev–Trinajstić information content (AvgIpc) is 2.28. The van der Waals surface area contributed by atoms with Crippen molar-refractivity contribution in [3.63, 3.8) is 0 Å². The highest BCUT2D eigenvalue weighted by molar-refractivity contribution is 8.01. The summed E-state index contributed by atoms with van der Waals surface area (Å²) in [4.78, 5) is 15.7. The zero-order valence-electron chi connectivity index (χ0n) is 8.40. The van der Waals surface area contributed by atoms with E-state index in [2.05, 4.69) is 18.8 Å². The maximum atomic E-state index is 10.5. The zero-order chi connectivity index (χ0) is 10.7. The molecule has 0 aliphatic carbocycles. The summed E-state index contributed by atoms with van der Waals surface area (Å²) >= 11 is 3.16. The lowest BCUT2D eigenvalue weighted by Crippen LogP contribution is -1.99. The molecule has 1 aromatic heterocycles. The molecular weight excluding hydrogens is 218 g/mol. The van der Waals surface area contributed by atoms with Gasteiger partial charge in [-0.2, -0.15) is 0 Å². The third-order valence-corrected chi connectivity index (χ3v) is 3.78. The number of carbonyl (C=O) groups is 1. The molecule has 5 heteroatoms. The van der Waals surface area contributed by atoms with E-state index in [-0.39, 0.29) is 6.42 Å². The number of rotatable bonds is 4. The predicted octanol–water partition coefficient (Wildman–Crippen LogP) is 2.58. The molecule has 1 rings (SSSR count). The van der Waals surface area contributed by atoms with Gasteiger partial charge in [0, 0.05) is 10.1 Å². The zero-order valence-corrected chi connectivity index (χ0v) is 10.0. The Bertz CT molecular complexity index is 334. The number of thiazole rings is 1. The molecule has 0 bridgehead atoms. The van der Waals surface area contributed by atoms with Crippen LogP contribution >= 0.6 is 23.1 Å². The molecule has 0 aliphatic heterocycles. The quantitative estimate of drug-likeness (QED) is 0.809. The Morgan fingerprint density at radius 2 is 2.29 bits per heavy atom.